The summed E-state index contributed by atoms with van der Waals surface area (Å²) < 4.78 is 5.60. The maximum Gasteiger partial charge on any atom is 0.257 e. The Morgan fingerprint density at radius 3 is 2.79 bits per heavy atom. The van der Waals surface area contributed by atoms with Gasteiger partial charge in [-0.05, 0) is 20.8 Å². The molecule has 0 saturated carbocycles. The van der Waals surface area contributed by atoms with E-state index in [1.807, 2.05) is 13.8 Å². The molecule has 2 saturated heterocycles. The molecule has 0 radical (unpaired) electrons. The van der Waals surface area contributed by atoms with Crippen molar-refractivity contribution in [3.05, 3.63) is 28.7 Å². The van der Waals surface area contributed by atoms with Crippen molar-refractivity contribution in [2.75, 3.05) is 13.2 Å². The van der Waals surface area contributed by atoms with Crippen molar-refractivity contribution in [2.45, 2.75) is 45.6 Å². The highest BCUT2D eigenvalue weighted by Crippen LogP contribution is 2.29. The summed E-state index contributed by atoms with van der Waals surface area (Å²) in [5.74, 6) is -2.95. The van der Waals surface area contributed by atoms with Crippen LogP contribution >= 0.6 is 0 Å². The molecule has 3 atom stereocenters. The maximum absolute atomic E-state index is 12.7. The molecule has 148 valence electrons. The smallest absolute Gasteiger partial charge is 0.257 e. The molecule has 1 aromatic heterocycles. The molecule has 2 fully saturated rings. The van der Waals surface area contributed by atoms with E-state index in [1.165, 1.54) is 16.0 Å². The van der Waals surface area contributed by atoms with Crippen LogP contribution in [0.3, 0.4) is 0 Å². The molecule has 2 amide bonds. The van der Waals surface area contributed by atoms with Crippen molar-refractivity contribution in [2.24, 2.45) is 0 Å². The van der Waals surface area contributed by atoms with Gasteiger partial charge in [-0.15, -0.1) is 0 Å². The van der Waals surface area contributed by atoms with Crippen molar-refractivity contribution >= 4 is 23.4 Å². The number of amides is 2. The van der Waals surface area contributed by atoms with E-state index in [4.69, 9.17) is 4.74 Å². The summed E-state index contributed by atoms with van der Waals surface area (Å²) in [7, 11) is 0. The zero-order chi connectivity index (χ0) is 20.2. The van der Waals surface area contributed by atoms with Gasteiger partial charge in [0, 0.05) is 24.0 Å². The second-order valence-electron chi connectivity index (χ2n) is 7.31. The molecular formula is C18H21N5O5. The summed E-state index contributed by atoms with van der Waals surface area (Å²) in [4.78, 5) is 53.4. The van der Waals surface area contributed by atoms with Gasteiger partial charge in [0.2, 0.25) is 11.6 Å². The largest absolute Gasteiger partial charge is 0.354 e. The highest BCUT2D eigenvalue weighted by Gasteiger charge is 2.52. The Hall–Kier alpha value is -3.01. The SMILES string of the molecule is Cc1n[nH]c(C)c1CNC(=O)C1=CN2C[C@H]3OC[C@H](C)N3C(=O)C2C(=O)C1=O. The lowest BCUT2D eigenvalue weighted by atomic mass is 9.93. The van der Waals surface area contributed by atoms with Gasteiger partial charge in [-0.25, -0.2) is 0 Å². The molecule has 3 aliphatic rings. The molecule has 0 spiro atoms. The molecule has 28 heavy (non-hydrogen) atoms. The van der Waals surface area contributed by atoms with Crippen LogP contribution in [0.15, 0.2) is 11.8 Å². The third kappa shape index (κ3) is 2.71. The van der Waals surface area contributed by atoms with E-state index in [1.54, 1.807) is 6.92 Å². The number of piperazine rings is 1. The normalized spacial score (nSPS) is 26.9. The summed E-state index contributed by atoms with van der Waals surface area (Å²) in [6.07, 6.45) is 0.817. The van der Waals surface area contributed by atoms with Gasteiger partial charge in [-0.1, -0.05) is 0 Å². The highest BCUT2D eigenvalue weighted by atomic mass is 16.5. The summed E-state index contributed by atoms with van der Waals surface area (Å²) in [6.45, 7) is 6.24. The molecule has 2 N–H and O–H groups in total. The first kappa shape index (κ1) is 18.4. The number of ether oxygens (including phenoxy) is 1. The molecule has 3 aliphatic heterocycles. The van der Waals surface area contributed by atoms with Crippen LogP contribution in [0.5, 0.6) is 0 Å². The molecule has 1 unspecified atom stereocenters. The number of nitrogens with zero attached hydrogens (tertiary/aromatic N) is 3. The van der Waals surface area contributed by atoms with Gasteiger partial charge >= 0.3 is 0 Å². The number of H-pyrrole nitrogens is 1. The number of hydrogen-bond acceptors (Lipinski definition) is 7. The lowest BCUT2D eigenvalue weighted by Gasteiger charge is -2.43. The van der Waals surface area contributed by atoms with Gasteiger partial charge in [0.05, 0.1) is 24.9 Å². The molecule has 4 rings (SSSR count). The minimum atomic E-state index is -1.22. The number of carbonyl (C=O) groups is 4. The third-order valence-electron chi connectivity index (χ3n) is 5.46. The van der Waals surface area contributed by atoms with Crippen molar-refractivity contribution in [3.63, 3.8) is 0 Å². The molecule has 0 aliphatic carbocycles. The Kier molecular flexibility index (Phi) is 4.30. The predicted molar refractivity (Wildman–Crippen MR) is 94.5 cm³/mol. The Balaban J connectivity index is 1.55. The van der Waals surface area contributed by atoms with Crippen LogP contribution in [0.2, 0.25) is 0 Å². The zero-order valence-corrected chi connectivity index (χ0v) is 15.8. The fourth-order valence-electron chi connectivity index (χ4n) is 3.89. The van der Waals surface area contributed by atoms with Crippen LogP contribution in [0.25, 0.3) is 0 Å². The van der Waals surface area contributed by atoms with E-state index >= 15 is 0 Å². The average Bonchev–Trinajstić information content (AvgIpc) is 3.18. The van der Waals surface area contributed by atoms with Gasteiger partial charge in [0.1, 0.15) is 11.8 Å². The molecule has 10 heteroatoms. The van der Waals surface area contributed by atoms with E-state index in [-0.39, 0.29) is 24.7 Å². The van der Waals surface area contributed by atoms with Crippen LogP contribution < -0.4 is 5.32 Å². The lowest BCUT2D eigenvalue weighted by molar-refractivity contribution is -0.159. The predicted octanol–water partition coefficient (Wildman–Crippen LogP) is -1.06. The Morgan fingerprint density at radius 1 is 1.36 bits per heavy atom. The van der Waals surface area contributed by atoms with E-state index in [9.17, 15) is 19.2 Å². The summed E-state index contributed by atoms with van der Waals surface area (Å²) in [5, 5.41) is 9.53. The number of fused-ring (bicyclic) bond motifs is 2. The second-order valence-corrected chi connectivity index (χ2v) is 7.31. The fourth-order valence-corrected chi connectivity index (χ4v) is 3.89. The first-order valence-corrected chi connectivity index (χ1v) is 9.08. The molecule has 1 aromatic rings. The zero-order valence-electron chi connectivity index (χ0n) is 15.8. The quantitative estimate of drug-likeness (QED) is 0.385. The molecule has 0 aromatic carbocycles. The number of Topliss-reactive ketones (excluding diaryl/α,β-unsaturated/α-hetero) is 2. The minimum absolute atomic E-state index is 0.155. The molecule has 10 nitrogen and oxygen atoms in total. The first-order chi connectivity index (χ1) is 13.3. The monoisotopic (exact) mass is 387 g/mol. The van der Waals surface area contributed by atoms with Gasteiger partial charge in [0.15, 0.2) is 6.04 Å². The van der Waals surface area contributed by atoms with Crippen LogP contribution in [0, 0.1) is 13.8 Å². The summed E-state index contributed by atoms with van der Waals surface area (Å²) >= 11 is 0. The second kappa shape index (κ2) is 6.55. The van der Waals surface area contributed by atoms with Crippen LogP contribution in [-0.4, -0.2) is 74.8 Å². The van der Waals surface area contributed by atoms with Crippen LogP contribution in [-0.2, 0) is 30.5 Å². The fraction of sp³-hybridized carbons (Fsp3) is 0.500. The van der Waals surface area contributed by atoms with Crippen molar-refractivity contribution in [3.8, 4) is 0 Å². The minimum Gasteiger partial charge on any atom is -0.354 e. The number of rotatable bonds is 3. The summed E-state index contributed by atoms with van der Waals surface area (Å²) in [5.41, 5.74) is 2.10. The number of nitrogens with one attached hydrogen (secondary N) is 2. The van der Waals surface area contributed by atoms with Crippen LogP contribution in [0.4, 0.5) is 0 Å². The van der Waals surface area contributed by atoms with E-state index in [2.05, 4.69) is 15.5 Å². The van der Waals surface area contributed by atoms with Crippen molar-refractivity contribution in [1.82, 2.24) is 25.3 Å². The van der Waals surface area contributed by atoms with E-state index in [0.717, 1.165) is 17.0 Å². The lowest BCUT2D eigenvalue weighted by Crippen LogP contribution is -2.65. The van der Waals surface area contributed by atoms with Gasteiger partial charge in [-0.2, -0.15) is 5.10 Å². The van der Waals surface area contributed by atoms with E-state index < -0.39 is 35.7 Å². The standard InChI is InChI=1S/C18H21N5O5/c1-8-7-28-13-6-22-5-12(15(24)16(25)14(22)18(27)23(8)13)17(26)19-4-11-9(2)20-21-10(11)3/h5,8,13-14H,4,6-7H2,1-3H3,(H,19,26)(H,20,21)/t8-,13+,14?/m0/s1. The Labute approximate surface area is 160 Å². The Bertz CT molecular complexity index is 900. The number of ketones is 2. The van der Waals surface area contributed by atoms with Gasteiger partial charge < -0.3 is 19.9 Å². The van der Waals surface area contributed by atoms with Crippen molar-refractivity contribution < 1.29 is 23.9 Å². The van der Waals surface area contributed by atoms with Crippen molar-refractivity contribution in [1.29, 1.82) is 0 Å². The number of aromatic amines is 1. The summed E-state index contributed by atoms with van der Waals surface area (Å²) in [6, 6.07) is -1.37. The maximum atomic E-state index is 12.7. The van der Waals surface area contributed by atoms with Crippen LogP contribution in [0.1, 0.15) is 23.9 Å². The number of carbonyl (C=O) groups excluding carboxylic acids is 4. The van der Waals surface area contributed by atoms with Gasteiger partial charge in [0.25, 0.3) is 11.8 Å². The third-order valence-corrected chi connectivity index (χ3v) is 5.46. The topological polar surface area (TPSA) is 125 Å². The Morgan fingerprint density at radius 2 is 2.11 bits per heavy atom. The molecule has 0 bridgehead atoms. The number of aryl methyl sites for hydroxylation is 2. The number of aromatic nitrogens is 2. The van der Waals surface area contributed by atoms with E-state index in [0.29, 0.717) is 6.61 Å². The average molecular weight is 387 g/mol. The highest BCUT2D eigenvalue weighted by molar-refractivity contribution is 6.53. The molecular weight excluding hydrogens is 366 g/mol. The van der Waals surface area contributed by atoms with Gasteiger partial charge in [-0.3, -0.25) is 24.3 Å². The number of hydrogen-bond donors (Lipinski definition) is 2. The first-order valence-electron chi connectivity index (χ1n) is 9.08. The molecule has 4 heterocycles.